The zero-order valence-corrected chi connectivity index (χ0v) is 19.3. The van der Waals surface area contributed by atoms with Crippen molar-refractivity contribution in [3.05, 3.63) is 70.9 Å². The van der Waals surface area contributed by atoms with Gasteiger partial charge < -0.3 is 25.3 Å². The summed E-state index contributed by atoms with van der Waals surface area (Å²) in [6.45, 7) is 4.00. The van der Waals surface area contributed by atoms with Crippen molar-refractivity contribution in [2.24, 2.45) is 0 Å². The second-order valence-corrected chi connectivity index (χ2v) is 8.13. The topological polar surface area (TPSA) is 126 Å². The fourth-order valence-electron chi connectivity index (χ4n) is 3.14. The van der Waals surface area contributed by atoms with Crippen LogP contribution in [0.1, 0.15) is 28.4 Å². The van der Waals surface area contributed by atoms with Crippen molar-refractivity contribution >= 4 is 45.1 Å². The number of amides is 1. The maximum absolute atomic E-state index is 12.6. The molecule has 3 N–H and O–H groups in total. The summed E-state index contributed by atoms with van der Waals surface area (Å²) in [5, 5.41) is 5.27. The quantitative estimate of drug-likeness (QED) is 0.358. The molecule has 3 aromatic heterocycles. The Balaban J connectivity index is 1.48. The van der Waals surface area contributed by atoms with E-state index in [0.29, 0.717) is 33.0 Å². The number of carbonyl (C=O) groups excluding carboxylic acids is 2. The van der Waals surface area contributed by atoms with Crippen LogP contribution in [0.25, 0.3) is 10.1 Å². The highest BCUT2D eigenvalue weighted by Crippen LogP contribution is 2.37. The lowest BCUT2D eigenvalue weighted by Gasteiger charge is -2.09. The van der Waals surface area contributed by atoms with Crippen LogP contribution in [0.4, 0.5) is 16.4 Å². The number of hydrogen-bond donors (Lipinski definition) is 2. The number of nitrogen functional groups attached to an aromatic ring is 1. The summed E-state index contributed by atoms with van der Waals surface area (Å²) < 4.78 is 16.7. The largest absolute Gasteiger partial charge is 0.513 e. The Labute approximate surface area is 199 Å². The standard InChI is InChI=1S/C24H22N4O5S/c1-3-31-24(30)33-18-11-27-22(25)20-16(13-34-21(18)20)12-32-17-6-4-5-15(9-17)23(29)28-19-8-7-14(2)10-26-19/h4-11,13H,3,12H2,1-2H3,(H2,25,27)(H,26,28,29). The Morgan fingerprint density at radius 2 is 2.00 bits per heavy atom. The third-order valence-corrected chi connectivity index (χ3v) is 5.81. The highest BCUT2D eigenvalue weighted by molar-refractivity contribution is 7.17. The number of ether oxygens (including phenoxy) is 3. The van der Waals surface area contributed by atoms with Gasteiger partial charge in [-0.2, -0.15) is 0 Å². The smallest absolute Gasteiger partial charge is 0.489 e. The molecule has 0 unspecified atom stereocenters. The van der Waals surface area contributed by atoms with Crippen LogP contribution in [0.3, 0.4) is 0 Å². The third kappa shape index (κ3) is 5.24. The Bertz CT molecular complexity index is 1340. The number of aryl methyl sites for hydroxylation is 1. The fraction of sp³-hybridized carbons (Fsp3) is 0.167. The first-order valence-corrected chi connectivity index (χ1v) is 11.3. The molecule has 0 fully saturated rings. The summed E-state index contributed by atoms with van der Waals surface area (Å²) in [5.74, 6) is 1.24. The van der Waals surface area contributed by atoms with Crippen molar-refractivity contribution in [1.82, 2.24) is 9.97 Å². The van der Waals surface area contributed by atoms with Crippen molar-refractivity contribution in [3.8, 4) is 11.5 Å². The Morgan fingerprint density at radius 1 is 1.15 bits per heavy atom. The third-order valence-electron chi connectivity index (χ3n) is 4.77. The molecule has 0 radical (unpaired) electrons. The maximum Gasteiger partial charge on any atom is 0.513 e. The number of fused-ring (bicyclic) bond motifs is 1. The lowest BCUT2D eigenvalue weighted by atomic mass is 10.2. The summed E-state index contributed by atoms with van der Waals surface area (Å²) in [5.41, 5.74) is 8.30. The predicted molar refractivity (Wildman–Crippen MR) is 129 cm³/mol. The van der Waals surface area contributed by atoms with Crippen molar-refractivity contribution < 1.29 is 23.8 Å². The number of carbonyl (C=O) groups is 2. The van der Waals surface area contributed by atoms with Crippen molar-refractivity contribution in [2.45, 2.75) is 20.5 Å². The lowest BCUT2D eigenvalue weighted by Crippen LogP contribution is -2.13. The molecule has 0 spiro atoms. The Hall–Kier alpha value is -4.18. The number of thiophene rings is 1. The van der Waals surface area contributed by atoms with E-state index in [2.05, 4.69) is 15.3 Å². The summed E-state index contributed by atoms with van der Waals surface area (Å²) in [6.07, 6.45) is 2.27. The van der Waals surface area contributed by atoms with Gasteiger partial charge in [0.25, 0.3) is 5.91 Å². The zero-order valence-electron chi connectivity index (χ0n) is 18.5. The second-order valence-electron chi connectivity index (χ2n) is 7.25. The first kappa shape index (κ1) is 23.0. The van der Waals surface area contributed by atoms with Gasteiger partial charge in [0.15, 0.2) is 5.75 Å². The molecular weight excluding hydrogens is 456 g/mol. The molecule has 0 aliphatic rings. The van der Waals surface area contributed by atoms with Crippen LogP contribution >= 0.6 is 11.3 Å². The molecule has 0 saturated heterocycles. The summed E-state index contributed by atoms with van der Waals surface area (Å²) >= 11 is 1.36. The molecule has 3 heterocycles. The molecule has 4 aromatic rings. The van der Waals surface area contributed by atoms with Gasteiger partial charge in [-0.25, -0.2) is 14.8 Å². The second kappa shape index (κ2) is 10.2. The summed E-state index contributed by atoms with van der Waals surface area (Å²) in [6, 6.07) is 10.4. The number of rotatable bonds is 7. The number of anilines is 2. The van der Waals surface area contributed by atoms with E-state index in [9.17, 15) is 9.59 Å². The van der Waals surface area contributed by atoms with Crippen LogP contribution in [0.15, 0.2) is 54.2 Å². The minimum atomic E-state index is -0.808. The van der Waals surface area contributed by atoms with Crippen LogP contribution < -0.4 is 20.5 Å². The molecular formula is C24H22N4O5S. The number of aromatic nitrogens is 2. The number of hydrogen-bond acceptors (Lipinski definition) is 9. The van der Waals surface area contributed by atoms with Crippen LogP contribution in [0.2, 0.25) is 0 Å². The molecule has 0 bridgehead atoms. The molecule has 0 aliphatic carbocycles. The number of nitrogens with zero attached hydrogens (tertiary/aromatic N) is 2. The van der Waals surface area contributed by atoms with Crippen molar-refractivity contribution in [2.75, 3.05) is 17.7 Å². The van der Waals surface area contributed by atoms with E-state index >= 15 is 0 Å². The predicted octanol–water partition coefficient (Wildman–Crippen LogP) is 4.95. The van der Waals surface area contributed by atoms with Crippen molar-refractivity contribution in [3.63, 3.8) is 0 Å². The summed E-state index contributed by atoms with van der Waals surface area (Å²) in [7, 11) is 0. The molecule has 1 amide bonds. The van der Waals surface area contributed by atoms with E-state index in [1.807, 2.05) is 18.4 Å². The average molecular weight is 479 g/mol. The lowest BCUT2D eigenvalue weighted by molar-refractivity contribution is 0.102. The van der Waals surface area contributed by atoms with Gasteiger partial charge in [0, 0.05) is 22.7 Å². The molecule has 9 nitrogen and oxygen atoms in total. The van der Waals surface area contributed by atoms with E-state index < -0.39 is 6.16 Å². The normalized spacial score (nSPS) is 10.6. The molecule has 0 saturated carbocycles. The highest BCUT2D eigenvalue weighted by atomic mass is 32.1. The van der Waals surface area contributed by atoms with Gasteiger partial charge in [-0.3, -0.25) is 4.79 Å². The fourth-order valence-corrected chi connectivity index (χ4v) is 4.15. The molecule has 174 valence electrons. The first-order valence-electron chi connectivity index (χ1n) is 10.4. The molecule has 10 heteroatoms. The van der Waals surface area contributed by atoms with Crippen LogP contribution in [-0.2, 0) is 11.3 Å². The number of nitrogens with one attached hydrogen (secondary N) is 1. The molecule has 0 atom stereocenters. The van der Waals surface area contributed by atoms with E-state index in [1.54, 1.807) is 43.5 Å². The monoisotopic (exact) mass is 478 g/mol. The number of nitrogens with two attached hydrogens (primary N) is 1. The molecule has 34 heavy (non-hydrogen) atoms. The van der Waals surface area contributed by atoms with Crippen LogP contribution in [-0.4, -0.2) is 28.6 Å². The SMILES string of the molecule is CCOC(=O)Oc1cnc(N)c2c(COc3cccc(C(=O)Nc4ccc(C)cn4)c3)csc12. The van der Waals surface area contributed by atoms with E-state index in [4.69, 9.17) is 19.9 Å². The van der Waals surface area contributed by atoms with Gasteiger partial charge in [-0.05, 0) is 49.1 Å². The Morgan fingerprint density at radius 3 is 2.76 bits per heavy atom. The van der Waals surface area contributed by atoms with E-state index in [-0.39, 0.29) is 24.9 Å². The van der Waals surface area contributed by atoms with E-state index in [1.165, 1.54) is 17.5 Å². The van der Waals surface area contributed by atoms with Gasteiger partial charge in [0.1, 0.15) is 24.0 Å². The number of pyridine rings is 2. The molecule has 0 aliphatic heterocycles. The van der Waals surface area contributed by atoms with Gasteiger partial charge >= 0.3 is 6.16 Å². The van der Waals surface area contributed by atoms with Gasteiger partial charge in [0.2, 0.25) is 0 Å². The zero-order chi connectivity index (χ0) is 24.1. The minimum absolute atomic E-state index is 0.180. The first-order chi connectivity index (χ1) is 16.4. The van der Waals surface area contributed by atoms with Gasteiger partial charge in [-0.1, -0.05) is 12.1 Å². The molecule has 4 rings (SSSR count). The summed E-state index contributed by atoms with van der Waals surface area (Å²) in [4.78, 5) is 32.6. The average Bonchev–Trinajstić information content (AvgIpc) is 3.27. The van der Waals surface area contributed by atoms with Crippen molar-refractivity contribution in [1.29, 1.82) is 0 Å². The Kier molecular flexibility index (Phi) is 6.88. The van der Waals surface area contributed by atoms with Gasteiger partial charge in [-0.15, -0.1) is 11.3 Å². The van der Waals surface area contributed by atoms with Crippen LogP contribution in [0, 0.1) is 6.92 Å². The highest BCUT2D eigenvalue weighted by Gasteiger charge is 2.17. The minimum Gasteiger partial charge on any atom is -0.489 e. The molecule has 1 aromatic carbocycles. The van der Waals surface area contributed by atoms with E-state index in [0.717, 1.165) is 11.1 Å². The van der Waals surface area contributed by atoms with Crippen LogP contribution in [0.5, 0.6) is 11.5 Å². The van der Waals surface area contributed by atoms with Gasteiger partial charge in [0.05, 0.1) is 17.5 Å². The maximum atomic E-state index is 12.6. The number of benzene rings is 1.